The van der Waals surface area contributed by atoms with Gasteiger partial charge in [-0.1, -0.05) is 6.07 Å². The average Bonchev–Trinajstić information content (AvgIpc) is 3.02. The lowest BCUT2D eigenvalue weighted by atomic mass is 10.1. The molecule has 2 aliphatic rings. The van der Waals surface area contributed by atoms with Gasteiger partial charge < -0.3 is 19.4 Å². The first kappa shape index (κ1) is 12.5. The molecule has 5 nitrogen and oxygen atoms in total. The number of nitrogens with one attached hydrogen (secondary N) is 1. The Kier molecular flexibility index (Phi) is 2.93. The lowest BCUT2D eigenvalue weighted by Crippen LogP contribution is -2.54. The summed E-state index contributed by atoms with van der Waals surface area (Å²) in [5.74, 6) is 1.40. The van der Waals surface area contributed by atoms with Crippen LogP contribution in [0, 0.1) is 0 Å². The van der Waals surface area contributed by atoms with Crippen molar-refractivity contribution in [3.63, 3.8) is 0 Å². The molecule has 1 amide bonds. The second-order valence-electron chi connectivity index (χ2n) is 5.33. The summed E-state index contributed by atoms with van der Waals surface area (Å²) in [6, 6.07) is 9.43. The number of carbonyl (C=O) groups excluding carboxylic acids is 1. The van der Waals surface area contributed by atoms with Gasteiger partial charge in [-0.25, -0.2) is 0 Å². The quantitative estimate of drug-likeness (QED) is 0.867. The van der Waals surface area contributed by atoms with Gasteiger partial charge in [0.05, 0.1) is 23.4 Å². The summed E-state index contributed by atoms with van der Waals surface area (Å²) in [5.41, 5.74) is 1.45. The normalized spacial score (nSPS) is 21.2. The Bertz CT molecular complexity index is 666. The highest BCUT2D eigenvalue weighted by molar-refractivity contribution is 5.99. The van der Waals surface area contributed by atoms with Crippen LogP contribution < -0.4 is 10.1 Å². The van der Waals surface area contributed by atoms with E-state index < -0.39 is 0 Å². The summed E-state index contributed by atoms with van der Waals surface area (Å²) < 4.78 is 11.4. The third-order valence-electron chi connectivity index (χ3n) is 4.06. The molecule has 4 rings (SSSR count). The number of benzene rings is 1. The number of carbonyl (C=O) groups is 1. The highest BCUT2D eigenvalue weighted by atomic mass is 16.5. The fourth-order valence-corrected chi connectivity index (χ4v) is 3.00. The van der Waals surface area contributed by atoms with Crippen LogP contribution in [0.1, 0.15) is 10.4 Å². The van der Waals surface area contributed by atoms with Gasteiger partial charge in [-0.3, -0.25) is 4.79 Å². The Morgan fingerprint density at radius 2 is 2.10 bits per heavy atom. The van der Waals surface area contributed by atoms with Crippen molar-refractivity contribution in [3.8, 4) is 17.1 Å². The minimum Gasteiger partial charge on any atom is -0.490 e. The molecule has 1 fully saturated rings. The second-order valence-corrected chi connectivity index (χ2v) is 5.33. The van der Waals surface area contributed by atoms with Crippen molar-refractivity contribution in [2.24, 2.45) is 0 Å². The molecule has 1 saturated heterocycles. The molecular weight excluding hydrogens is 268 g/mol. The molecule has 21 heavy (non-hydrogen) atoms. The molecule has 1 aromatic carbocycles. The SMILES string of the molecule is O=C1c2cccc(-c3ccco3)c2OCC2CNCCN12. The Balaban J connectivity index is 1.81. The molecule has 0 aliphatic carbocycles. The minimum absolute atomic E-state index is 0.0439. The predicted molar refractivity (Wildman–Crippen MR) is 77.3 cm³/mol. The predicted octanol–water partition coefficient (Wildman–Crippen LogP) is 1.75. The Hall–Kier alpha value is -2.27. The number of piperazine rings is 1. The molecule has 1 atom stereocenters. The maximum Gasteiger partial charge on any atom is 0.258 e. The molecule has 108 valence electrons. The van der Waals surface area contributed by atoms with Crippen LogP contribution in [0.2, 0.25) is 0 Å². The van der Waals surface area contributed by atoms with Gasteiger partial charge in [0, 0.05) is 19.6 Å². The van der Waals surface area contributed by atoms with Crippen molar-refractivity contribution in [3.05, 3.63) is 42.2 Å². The Labute approximate surface area is 122 Å². The zero-order valence-electron chi connectivity index (χ0n) is 11.5. The first-order valence-corrected chi connectivity index (χ1v) is 7.16. The summed E-state index contributed by atoms with van der Waals surface area (Å²) in [6.45, 7) is 2.83. The maximum atomic E-state index is 12.8. The largest absolute Gasteiger partial charge is 0.490 e. The van der Waals surface area contributed by atoms with E-state index in [4.69, 9.17) is 9.15 Å². The van der Waals surface area contributed by atoms with Crippen molar-refractivity contribution in [1.82, 2.24) is 10.2 Å². The number of amides is 1. The fourth-order valence-electron chi connectivity index (χ4n) is 3.00. The third kappa shape index (κ3) is 2.01. The number of hydrogen-bond donors (Lipinski definition) is 1. The van der Waals surface area contributed by atoms with Crippen LogP contribution in [0.3, 0.4) is 0 Å². The monoisotopic (exact) mass is 284 g/mol. The fraction of sp³-hybridized carbons (Fsp3) is 0.312. The van der Waals surface area contributed by atoms with Gasteiger partial charge in [-0.2, -0.15) is 0 Å². The molecule has 3 heterocycles. The highest BCUT2D eigenvalue weighted by Gasteiger charge is 2.33. The summed E-state index contributed by atoms with van der Waals surface area (Å²) in [6.07, 6.45) is 1.63. The second kappa shape index (κ2) is 4.93. The van der Waals surface area contributed by atoms with Crippen LogP contribution >= 0.6 is 0 Å². The van der Waals surface area contributed by atoms with Crippen molar-refractivity contribution >= 4 is 5.91 Å². The Morgan fingerprint density at radius 3 is 2.95 bits per heavy atom. The van der Waals surface area contributed by atoms with Gasteiger partial charge in [-0.15, -0.1) is 0 Å². The van der Waals surface area contributed by atoms with Gasteiger partial charge in [0.15, 0.2) is 0 Å². The summed E-state index contributed by atoms with van der Waals surface area (Å²) >= 11 is 0. The molecule has 0 spiro atoms. The molecule has 0 bridgehead atoms. The minimum atomic E-state index is 0.0439. The molecule has 1 aromatic heterocycles. The van der Waals surface area contributed by atoms with Crippen molar-refractivity contribution < 1.29 is 13.9 Å². The van der Waals surface area contributed by atoms with E-state index >= 15 is 0 Å². The summed E-state index contributed by atoms with van der Waals surface area (Å²) in [5, 5.41) is 3.31. The van der Waals surface area contributed by atoms with Crippen LogP contribution in [0.5, 0.6) is 5.75 Å². The van der Waals surface area contributed by atoms with Crippen LogP contribution in [0.4, 0.5) is 0 Å². The average molecular weight is 284 g/mol. The molecule has 5 heteroatoms. The van der Waals surface area contributed by atoms with Crippen LogP contribution in [0.25, 0.3) is 11.3 Å². The first-order chi connectivity index (χ1) is 10.3. The molecule has 2 aromatic rings. The molecule has 0 radical (unpaired) electrons. The standard InChI is InChI=1S/C16H16N2O3/c19-16-13-4-1-3-12(14-5-2-8-20-14)15(13)21-10-11-9-17-6-7-18(11)16/h1-5,8,11,17H,6-7,9-10H2. The lowest BCUT2D eigenvalue weighted by Gasteiger charge is -2.33. The van der Waals surface area contributed by atoms with Gasteiger partial charge in [-0.05, 0) is 24.3 Å². The zero-order valence-corrected chi connectivity index (χ0v) is 11.5. The lowest BCUT2D eigenvalue weighted by molar-refractivity contribution is 0.0606. The number of fused-ring (bicyclic) bond motifs is 2. The molecular formula is C16H16N2O3. The van der Waals surface area contributed by atoms with Gasteiger partial charge >= 0.3 is 0 Å². The van der Waals surface area contributed by atoms with E-state index in [-0.39, 0.29) is 11.9 Å². The number of rotatable bonds is 1. The van der Waals surface area contributed by atoms with Gasteiger partial charge in [0.1, 0.15) is 18.1 Å². The van der Waals surface area contributed by atoms with Crippen molar-refractivity contribution in [1.29, 1.82) is 0 Å². The van der Waals surface area contributed by atoms with E-state index in [0.717, 1.165) is 31.0 Å². The number of para-hydroxylation sites is 1. The molecule has 0 saturated carbocycles. The van der Waals surface area contributed by atoms with Crippen LogP contribution in [0.15, 0.2) is 41.0 Å². The summed E-state index contributed by atoms with van der Waals surface area (Å²) in [7, 11) is 0. The van der Waals surface area contributed by atoms with Gasteiger partial charge in [0.2, 0.25) is 0 Å². The Morgan fingerprint density at radius 1 is 1.19 bits per heavy atom. The summed E-state index contributed by atoms with van der Waals surface area (Å²) in [4.78, 5) is 14.7. The van der Waals surface area contributed by atoms with E-state index in [9.17, 15) is 4.79 Å². The molecule has 1 unspecified atom stereocenters. The first-order valence-electron chi connectivity index (χ1n) is 7.16. The van der Waals surface area contributed by atoms with Crippen LogP contribution in [-0.2, 0) is 0 Å². The van der Waals surface area contributed by atoms with E-state index in [1.807, 2.05) is 35.2 Å². The van der Waals surface area contributed by atoms with Gasteiger partial charge in [0.25, 0.3) is 5.91 Å². The van der Waals surface area contributed by atoms with E-state index in [2.05, 4.69) is 5.32 Å². The molecule has 2 aliphatic heterocycles. The highest BCUT2D eigenvalue weighted by Crippen LogP contribution is 2.36. The maximum absolute atomic E-state index is 12.8. The topological polar surface area (TPSA) is 54.7 Å². The zero-order chi connectivity index (χ0) is 14.2. The van der Waals surface area contributed by atoms with Crippen molar-refractivity contribution in [2.75, 3.05) is 26.2 Å². The smallest absolute Gasteiger partial charge is 0.258 e. The third-order valence-corrected chi connectivity index (χ3v) is 4.06. The number of nitrogens with zero attached hydrogens (tertiary/aromatic N) is 1. The van der Waals surface area contributed by atoms with E-state index in [0.29, 0.717) is 17.9 Å². The number of ether oxygens (including phenoxy) is 1. The van der Waals surface area contributed by atoms with E-state index in [1.165, 1.54) is 0 Å². The number of hydrogen-bond acceptors (Lipinski definition) is 4. The number of furan rings is 1. The van der Waals surface area contributed by atoms with Crippen molar-refractivity contribution in [2.45, 2.75) is 6.04 Å². The van der Waals surface area contributed by atoms with E-state index in [1.54, 1.807) is 6.26 Å². The van der Waals surface area contributed by atoms with Crippen LogP contribution in [-0.4, -0.2) is 43.1 Å². The molecule has 1 N–H and O–H groups in total.